The molecule has 1 atom stereocenters. The van der Waals surface area contributed by atoms with Gasteiger partial charge in [0.2, 0.25) is 10.0 Å². The first-order chi connectivity index (χ1) is 14.9. The van der Waals surface area contributed by atoms with E-state index in [9.17, 15) is 8.42 Å². The van der Waals surface area contributed by atoms with Crippen LogP contribution in [0.5, 0.6) is 5.75 Å². The van der Waals surface area contributed by atoms with E-state index in [0.717, 1.165) is 56.0 Å². The van der Waals surface area contributed by atoms with E-state index in [4.69, 9.17) is 9.47 Å². The Morgan fingerprint density at radius 2 is 1.84 bits per heavy atom. The van der Waals surface area contributed by atoms with Gasteiger partial charge in [0, 0.05) is 19.6 Å². The van der Waals surface area contributed by atoms with E-state index in [1.165, 1.54) is 5.56 Å². The number of hydrogen-bond donors (Lipinski definition) is 1. The summed E-state index contributed by atoms with van der Waals surface area (Å²) < 4.78 is 39.7. The molecule has 3 rings (SSSR count). The van der Waals surface area contributed by atoms with Crippen LogP contribution in [0.3, 0.4) is 0 Å². The van der Waals surface area contributed by atoms with Crippen molar-refractivity contribution in [1.82, 2.24) is 9.62 Å². The molecule has 170 valence electrons. The van der Waals surface area contributed by atoms with Crippen LogP contribution in [0.1, 0.15) is 42.6 Å². The van der Waals surface area contributed by atoms with Crippen LogP contribution in [0.15, 0.2) is 47.4 Å². The minimum Gasteiger partial charge on any atom is -0.493 e. The second-order valence-electron chi connectivity index (χ2n) is 7.99. The largest absolute Gasteiger partial charge is 0.493 e. The van der Waals surface area contributed by atoms with Crippen LogP contribution in [0.4, 0.5) is 0 Å². The van der Waals surface area contributed by atoms with Gasteiger partial charge in [-0.1, -0.05) is 30.3 Å². The molecule has 1 saturated heterocycles. The molecule has 0 unspecified atom stereocenters. The highest BCUT2D eigenvalue weighted by atomic mass is 32.2. The van der Waals surface area contributed by atoms with Gasteiger partial charge in [0.15, 0.2) is 0 Å². The fraction of sp³-hybridized carbons (Fsp3) is 0.500. The van der Waals surface area contributed by atoms with Crippen molar-refractivity contribution in [2.75, 3.05) is 39.4 Å². The summed E-state index contributed by atoms with van der Waals surface area (Å²) >= 11 is 0. The quantitative estimate of drug-likeness (QED) is 0.562. The molecule has 7 heteroatoms. The highest BCUT2D eigenvalue weighted by Gasteiger charge is 2.21. The van der Waals surface area contributed by atoms with Crippen LogP contribution in [-0.4, -0.2) is 52.7 Å². The third-order valence-electron chi connectivity index (χ3n) is 5.55. The van der Waals surface area contributed by atoms with Crippen molar-refractivity contribution >= 4 is 10.0 Å². The minimum atomic E-state index is -3.53. The first kappa shape index (κ1) is 23.7. The average molecular weight is 447 g/mol. The predicted octanol–water partition coefficient (Wildman–Crippen LogP) is 3.83. The second kappa shape index (κ2) is 11.1. The van der Waals surface area contributed by atoms with Crippen molar-refractivity contribution in [2.45, 2.75) is 44.6 Å². The van der Waals surface area contributed by atoms with Gasteiger partial charge in [-0.25, -0.2) is 13.1 Å². The third kappa shape index (κ3) is 6.53. The van der Waals surface area contributed by atoms with E-state index < -0.39 is 10.0 Å². The monoisotopic (exact) mass is 446 g/mol. The number of morpholine rings is 1. The molecule has 0 aromatic heterocycles. The summed E-state index contributed by atoms with van der Waals surface area (Å²) in [6.07, 6.45) is 1.84. The number of rotatable bonds is 10. The van der Waals surface area contributed by atoms with E-state index in [2.05, 4.69) is 21.8 Å². The molecule has 0 spiro atoms. The Morgan fingerprint density at radius 1 is 1.13 bits per heavy atom. The summed E-state index contributed by atoms with van der Waals surface area (Å²) in [5.74, 6) is 0.765. The number of hydrogen-bond acceptors (Lipinski definition) is 5. The molecule has 2 aromatic rings. The van der Waals surface area contributed by atoms with Gasteiger partial charge >= 0.3 is 0 Å². The maximum atomic E-state index is 12.7. The molecule has 0 aliphatic carbocycles. The van der Waals surface area contributed by atoms with Crippen LogP contribution in [0, 0.1) is 13.8 Å². The van der Waals surface area contributed by atoms with Gasteiger partial charge in [0.25, 0.3) is 0 Å². The van der Waals surface area contributed by atoms with Gasteiger partial charge in [-0.3, -0.25) is 4.90 Å². The van der Waals surface area contributed by atoms with E-state index >= 15 is 0 Å². The Labute approximate surface area is 186 Å². The zero-order valence-corrected chi connectivity index (χ0v) is 19.6. The lowest BCUT2D eigenvalue weighted by Gasteiger charge is -2.33. The van der Waals surface area contributed by atoms with Gasteiger partial charge in [0.1, 0.15) is 5.75 Å². The average Bonchev–Trinajstić information content (AvgIpc) is 2.76. The first-order valence-electron chi connectivity index (χ1n) is 11.0. The highest BCUT2D eigenvalue weighted by Crippen LogP contribution is 2.27. The van der Waals surface area contributed by atoms with Crippen LogP contribution in [0.2, 0.25) is 0 Å². The summed E-state index contributed by atoms with van der Waals surface area (Å²) in [5, 5.41) is 0. The molecule has 0 bridgehead atoms. The molecule has 1 N–H and O–H groups in total. The zero-order chi connectivity index (χ0) is 22.3. The molecule has 1 heterocycles. The normalized spacial score (nSPS) is 17.6. The number of unbranched alkanes of at least 4 members (excludes halogenated alkanes) is 1. The molecule has 2 aromatic carbocycles. The van der Waals surface area contributed by atoms with Crippen molar-refractivity contribution in [3.8, 4) is 5.75 Å². The molecule has 1 fully saturated rings. The van der Waals surface area contributed by atoms with E-state index in [1.807, 2.05) is 39.0 Å². The standard InChI is InChI=1S/C24H34N2O4S/c1-4-29-24-19(2)16-22(17-20(24)3)31(27,28)25-12-8-9-13-26-14-15-30-23(18-26)21-10-6-5-7-11-21/h5-7,10-11,16-17,23,25H,4,8-9,12-15,18H2,1-3H3/t23-/m0/s1. The van der Waals surface area contributed by atoms with Gasteiger partial charge < -0.3 is 9.47 Å². The molecule has 31 heavy (non-hydrogen) atoms. The van der Waals surface area contributed by atoms with Crippen LogP contribution < -0.4 is 9.46 Å². The number of sulfonamides is 1. The highest BCUT2D eigenvalue weighted by molar-refractivity contribution is 7.89. The van der Waals surface area contributed by atoms with Crippen molar-refractivity contribution < 1.29 is 17.9 Å². The van der Waals surface area contributed by atoms with Gasteiger partial charge in [-0.2, -0.15) is 0 Å². The maximum absolute atomic E-state index is 12.7. The Kier molecular flexibility index (Phi) is 8.49. The molecule has 6 nitrogen and oxygen atoms in total. The number of ether oxygens (including phenoxy) is 2. The van der Waals surface area contributed by atoms with E-state index in [0.29, 0.717) is 18.0 Å². The van der Waals surface area contributed by atoms with Crippen molar-refractivity contribution in [3.63, 3.8) is 0 Å². The van der Waals surface area contributed by atoms with Crippen molar-refractivity contribution in [1.29, 1.82) is 0 Å². The topological polar surface area (TPSA) is 67.9 Å². The first-order valence-corrected chi connectivity index (χ1v) is 12.5. The summed E-state index contributed by atoms with van der Waals surface area (Å²) in [5.41, 5.74) is 2.88. The Bertz CT molecular complexity index is 924. The molecule has 0 amide bonds. The predicted molar refractivity (Wildman–Crippen MR) is 123 cm³/mol. The van der Waals surface area contributed by atoms with Crippen molar-refractivity contribution in [2.24, 2.45) is 0 Å². The second-order valence-corrected chi connectivity index (χ2v) is 9.76. The maximum Gasteiger partial charge on any atom is 0.240 e. The summed E-state index contributed by atoms with van der Waals surface area (Å²) in [7, 11) is -3.53. The molecular formula is C24H34N2O4S. The number of nitrogens with zero attached hydrogens (tertiary/aromatic N) is 1. The van der Waals surface area contributed by atoms with Crippen LogP contribution in [0.25, 0.3) is 0 Å². The van der Waals surface area contributed by atoms with E-state index in [-0.39, 0.29) is 6.10 Å². The third-order valence-corrected chi connectivity index (χ3v) is 6.99. The number of benzene rings is 2. The molecule has 0 radical (unpaired) electrons. The SMILES string of the molecule is CCOc1c(C)cc(S(=O)(=O)NCCCCN2CCO[C@H](c3ccccc3)C2)cc1C. The summed E-state index contributed by atoms with van der Waals surface area (Å²) in [6, 6.07) is 13.7. The Morgan fingerprint density at radius 3 is 2.52 bits per heavy atom. The molecular weight excluding hydrogens is 412 g/mol. The van der Waals surface area contributed by atoms with Crippen LogP contribution >= 0.6 is 0 Å². The van der Waals surface area contributed by atoms with Gasteiger partial charge in [-0.15, -0.1) is 0 Å². The lowest BCUT2D eigenvalue weighted by Crippen LogP contribution is -2.39. The van der Waals surface area contributed by atoms with E-state index in [1.54, 1.807) is 12.1 Å². The smallest absolute Gasteiger partial charge is 0.240 e. The lowest BCUT2D eigenvalue weighted by molar-refractivity contribution is -0.0303. The fourth-order valence-electron chi connectivity index (χ4n) is 3.96. The number of nitrogens with one attached hydrogen (secondary N) is 1. The molecule has 0 saturated carbocycles. The van der Waals surface area contributed by atoms with Crippen molar-refractivity contribution in [3.05, 3.63) is 59.2 Å². The van der Waals surface area contributed by atoms with Gasteiger partial charge in [-0.05, 0) is 69.0 Å². The fourth-order valence-corrected chi connectivity index (χ4v) is 5.21. The molecule has 1 aliphatic rings. The molecule has 1 aliphatic heterocycles. The Hall–Kier alpha value is -1.93. The Balaban J connectivity index is 1.45. The number of aryl methyl sites for hydroxylation is 2. The summed E-state index contributed by atoms with van der Waals surface area (Å²) in [4.78, 5) is 2.69. The lowest BCUT2D eigenvalue weighted by atomic mass is 10.1. The van der Waals surface area contributed by atoms with Crippen LogP contribution in [-0.2, 0) is 14.8 Å². The zero-order valence-electron chi connectivity index (χ0n) is 18.8. The van der Waals surface area contributed by atoms with Gasteiger partial charge in [0.05, 0.1) is 24.2 Å². The minimum absolute atomic E-state index is 0.111. The summed E-state index contributed by atoms with van der Waals surface area (Å²) in [6.45, 7) is 10.1.